The summed E-state index contributed by atoms with van der Waals surface area (Å²) in [5.41, 5.74) is 1.93. The highest BCUT2D eigenvalue weighted by Gasteiger charge is 2.42. The van der Waals surface area contributed by atoms with Gasteiger partial charge in [0.15, 0.2) is 5.78 Å². The molecule has 0 spiro atoms. The first-order valence-electron chi connectivity index (χ1n) is 9.08. The second kappa shape index (κ2) is 6.96. The zero-order valence-corrected chi connectivity index (χ0v) is 14.6. The van der Waals surface area contributed by atoms with Crippen LogP contribution in [-0.4, -0.2) is 34.9 Å². The minimum Gasteiger partial charge on any atom is -0.495 e. The number of fused-ring (bicyclic) bond motifs is 2. The molecule has 0 saturated carbocycles. The minimum atomic E-state index is 0.102. The molecular weight excluding hydrogens is 312 g/mol. The lowest BCUT2D eigenvalue weighted by molar-refractivity contribution is 0.0674. The Morgan fingerprint density at radius 3 is 2.44 bits per heavy atom. The summed E-state index contributed by atoms with van der Waals surface area (Å²) in [6.07, 6.45) is 5.95. The standard InChI is InChI=1S/C21H24N2O2/c1-25-19-9-10-20(22-13-19)21(24)16-11-17-7-8-18(12-16)23(17)14-15-5-3-2-4-6-15/h2-6,9-10,13,16-18H,7-8,11-12,14H2,1H3. The Kier molecular flexibility index (Phi) is 4.53. The van der Waals surface area contributed by atoms with Crippen LogP contribution < -0.4 is 4.74 Å². The van der Waals surface area contributed by atoms with E-state index in [4.69, 9.17) is 4.74 Å². The maximum atomic E-state index is 12.9. The Morgan fingerprint density at radius 1 is 1.12 bits per heavy atom. The van der Waals surface area contributed by atoms with Gasteiger partial charge in [-0.15, -0.1) is 0 Å². The molecule has 2 saturated heterocycles. The average molecular weight is 336 g/mol. The molecular formula is C21H24N2O2. The smallest absolute Gasteiger partial charge is 0.184 e. The molecule has 25 heavy (non-hydrogen) atoms. The van der Waals surface area contributed by atoms with Crippen molar-refractivity contribution in [3.63, 3.8) is 0 Å². The molecule has 0 radical (unpaired) electrons. The van der Waals surface area contributed by atoms with Crippen LogP contribution in [0.1, 0.15) is 41.7 Å². The Hall–Kier alpha value is -2.20. The molecule has 3 heterocycles. The Labute approximate surface area is 148 Å². The third-order valence-corrected chi connectivity index (χ3v) is 5.69. The molecule has 0 aliphatic carbocycles. The molecule has 2 bridgehead atoms. The molecule has 1 aromatic carbocycles. The predicted octanol–water partition coefficient (Wildman–Crippen LogP) is 3.72. The van der Waals surface area contributed by atoms with Crippen molar-refractivity contribution in [3.8, 4) is 5.75 Å². The van der Waals surface area contributed by atoms with Gasteiger partial charge in [0.1, 0.15) is 11.4 Å². The van der Waals surface area contributed by atoms with E-state index >= 15 is 0 Å². The summed E-state index contributed by atoms with van der Waals surface area (Å²) < 4.78 is 5.13. The van der Waals surface area contributed by atoms with Crippen molar-refractivity contribution in [2.45, 2.75) is 44.3 Å². The van der Waals surface area contributed by atoms with E-state index in [0.29, 0.717) is 23.5 Å². The number of piperidine rings is 1. The number of benzene rings is 1. The normalized spacial score (nSPS) is 25.7. The highest BCUT2D eigenvalue weighted by molar-refractivity contribution is 5.96. The first-order valence-corrected chi connectivity index (χ1v) is 9.08. The molecule has 2 aliphatic heterocycles. The highest BCUT2D eigenvalue weighted by atomic mass is 16.5. The van der Waals surface area contributed by atoms with Crippen LogP contribution in [0.2, 0.25) is 0 Å². The van der Waals surface area contributed by atoms with Crippen molar-refractivity contribution >= 4 is 5.78 Å². The van der Waals surface area contributed by atoms with Gasteiger partial charge in [0.05, 0.1) is 13.3 Å². The molecule has 2 aliphatic rings. The van der Waals surface area contributed by atoms with Crippen LogP contribution in [0.5, 0.6) is 5.75 Å². The van der Waals surface area contributed by atoms with Gasteiger partial charge in [0.2, 0.25) is 0 Å². The fraction of sp³-hybridized carbons (Fsp3) is 0.429. The number of ketones is 1. The molecule has 2 fully saturated rings. The van der Waals surface area contributed by atoms with Gasteiger partial charge in [-0.05, 0) is 43.4 Å². The lowest BCUT2D eigenvalue weighted by Crippen LogP contribution is -2.44. The van der Waals surface area contributed by atoms with Crippen molar-refractivity contribution in [1.82, 2.24) is 9.88 Å². The van der Waals surface area contributed by atoms with Crippen LogP contribution in [0.3, 0.4) is 0 Å². The Morgan fingerprint density at radius 2 is 1.84 bits per heavy atom. The topological polar surface area (TPSA) is 42.4 Å². The number of aromatic nitrogens is 1. The summed E-state index contributed by atoms with van der Waals surface area (Å²) in [5, 5.41) is 0. The van der Waals surface area contributed by atoms with Crippen LogP contribution >= 0.6 is 0 Å². The van der Waals surface area contributed by atoms with Gasteiger partial charge in [-0.1, -0.05) is 30.3 Å². The van der Waals surface area contributed by atoms with Crippen LogP contribution in [0.4, 0.5) is 0 Å². The largest absolute Gasteiger partial charge is 0.495 e. The van der Waals surface area contributed by atoms with Gasteiger partial charge < -0.3 is 4.74 Å². The fourth-order valence-electron chi connectivity index (χ4n) is 4.40. The number of carbonyl (C=O) groups excluding carboxylic acids is 1. The van der Waals surface area contributed by atoms with E-state index in [0.717, 1.165) is 19.4 Å². The number of rotatable bonds is 5. The number of pyridine rings is 1. The quantitative estimate of drug-likeness (QED) is 0.781. The maximum Gasteiger partial charge on any atom is 0.184 e. The summed E-state index contributed by atoms with van der Waals surface area (Å²) in [6.45, 7) is 0.998. The van der Waals surface area contributed by atoms with Crippen molar-refractivity contribution in [3.05, 3.63) is 59.9 Å². The summed E-state index contributed by atoms with van der Waals surface area (Å²) in [4.78, 5) is 19.8. The second-order valence-corrected chi connectivity index (χ2v) is 7.16. The number of ether oxygens (including phenoxy) is 1. The first kappa shape index (κ1) is 16.3. The van der Waals surface area contributed by atoms with Crippen molar-refractivity contribution in [1.29, 1.82) is 0 Å². The van der Waals surface area contributed by atoms with Crippen LogP contribution in [-0.2, 0) is 6.54 Å². The number of Topliss-reactive ketones (excluding diaryl/α,β-unsaturated/α-hetero) is 1. The second-order valence-electron chi connectivity index (χ2n) is 7.16. The molecule has 4 heteroatoms. The SMILES string of the molecule is COc1ccc(C(=O)C2CC3CCC(C2)N3Cc2ccccc2)nc1. The number of carbonyl (C=O) groups is 1. The molecule has 2 unspecified atom stereocenters. The molecule has 130 valence electrons. The molecule has 2 aromatic rings. The van der Waals surface area contributed by atoms with Gasteiger partial charge in [-0.3, -0.25) is 9.69 Å². The monoisotopic (exact) mass is 336 g/mol. The highest BCUT2D eigenvalue weighted by Crippen LogP contribution is 2.40. The third-order valence-electron chi connectivity index (χ3n) is 5.69. The summed E-state index contributed by atoms with van der Waals surface area (Å²) in [6, 6.07) is 15.3. The van der Waals surface area contributed by atoms with Gasteiger partial charge in [-0.2, -0.15) is 0 Å². The van der Waals surface area contributed by atoms with Crippen LogP contribution in [0, 0.1) is 5.92 Å². The van der Waals surface area contributed by atoms with Crippen LogP contribution in [0.15, 0.2) is 48.7 Å². The van der Waals surface area contributed by atoms with Crippen molar-refractivity contribution in [2.24, 2.45) is 5.92 Å². The number of hydrogen-bond acceptors (Lipinski definition) is 4. The van der Waals surface area contributed by atoms with Gasteiger partial charge in [0.25, 0.3) is 0 Å². The Bertz CT molecular complexity index is 715. The summed E-state index contributed by atoms with van der Waals surface area (Å²) in [5.74, 6) is 0.985. The fourth-order valence-corrected chi connectivity index (χ4v) is 4.40. The van der Waals surface area contributed by atoms with Crippen molar-refractivity contribution in [2.75, 3.05) is 7.11 Å². The van der Waals surface area contributed by atoms with E-state index in [1.807, 2.05) is 6.07 Å². The van der Waals surface area contributed by atoms with Gasteiger partial charge in [-0.25, -0.2) is 4.98 Å². The number of nitrogens with zero attached hydrogens (tertiary/aromatic N) is 2. The zero-order valence-electron chi connectivity index (χ0n) is 14.6. The average Bonchev–Trinajstić information content (AvgIpc) is 2.90. The molecule has 4 nitrogen and oxygen atoms in total. The molecule has 1 aromatic heterocycles. The minimum absolute atomic E-state index is 0.102. The van der Waals surface area contributed by atoms with Crippen LogP contribution in [0.25, 0.3) is 0 Å². The summed E-state index contributed by atoms with van der Waals surface area (Å²) >= 11 is 0. The van der Waals surface area contributed by atoms with E-state index < -0.39 is 0 Å². The van der Waals surface area contributed by atoms with E-state index in [-0.39, 0.29) is 11.7 Å². The molecule has 4 rings (SSSR count). The number of methoxy groups -OCH3 is 1. The first-order chi connectivity index (χ1) is 12.2. The van der Waals surface area contributed by atoms with Crippen molar-refractivity contribution < 1.29 is 9.53 Å². The van der Waals surface area contributed by atoms with E-state index in [1.165, 1.54) is 18.4 Å². The lowest BCUT2D eigenvalue weighted by atomic mass is 9.86. The zero-order chi connectivity index (χ0) is 17.2. The molecule has 0 amide bonds. The Balaban J connectivity index is 1.44. The van der Waals surface area contributed by atoms with E-state index in [1.54, 1.807) is 19.4 Å². The van der Waals surface area contributed by atoms with Gasteiger partial charge >= 0.3 is 0 Å². The van der Waals surface area contributed by atoms with E-state index in [2.05, 4.69) is 40.2 Å². The molecule has 0 N–H and O–H groups in total. The van der Waals surface area contributed by atoms with Gasteiger partial charge in [0, 0.05) is 24.5 Å². The maximum absolute atomic E-state index is 12.9. The third kappa shape index (κ3) is 3.31. The lowest BCUT2D eigenvalue weighted by Gasteiger charge is -2.38. The predicted molar refractivity (Wildman–Crippen MR) is 96.6 cm³/mol. The molecule has 2 atom stereocenters. The number of hydrogen-bond donors (Lipinski definition) is 0. The summed E-state index contributed by atoms with van der Waals surface area (Å²) in [7, 11) is 1.61. The van der Waals surface area contributed by atoms with E-state index in [9.17, 15) is 4.79 Å².